The highest BCUT2D eigenvalue weighted by Gasteiger charge is 2.15. The predicted octanol–water partition coefficient (Wildman–Crippen LogP) is 1.92. The van der Waals surface area contributed by atoms with E-state index in [2.05, 4.69) is 5.32 Å². The number of aliphatic hydroxyl groups is 1. The van der Waals surface area contributed by atoms with Crippen molar-refractivity contribution < 1.29 is 14.3 Å². The van der Waals surface area contributed by atoms with E-state index in [9.17, 15) is 9.90 Å². The van der Waals surface area contributed by atoms with Crippen molar-refractivity contribution >= 4 is 5.91 Å². The Labute approximate surface area is 112 Å². The topological polar surface area (TPSA) is 62.5 Å². The third kappa shape index (κ3) is 3.69. The summed E-state index contributed by atoms with van der Waals surface area (Å²) in [5.74, 6) is 0.654. The molecule has 0 spiro atoms. The monoisotopic (exact) mass is 259 g/mol. The first-order valence-corrected chi connectivity index (χ1v) is 6.21. The van der Waals surface area contributed by atoms with Crippen molar-refractivity contribution in [1.29, 1.82) is 0 Å². The van der Waals surface area contributed by atoms with Crippen LogP contribution in [0.1, 0.15) is 21.9 Å². The summed E-state index contributed by atoms with van der Waals surface area (Å²) in [6.07, 6.45) is 0.586. The molecule has 1 aromatic heterocycles. The number of carbonyl (C=O) groups excluding carboxylic acids is 1. The van der Waals surface area contributed by atoms with Gasteiger partial charge in [0.2, 0.25) is 0 Å². The third-order valence-corrected chi connectivity index (χ3v) is 2.84. The Kier molecular flexibility index (Phi) is 4.36. The first kappa shape index (κ1) is 13.4. The highest BCUT2D eigenvalue weighted by atomic mass is 16.3. The van der Waals surface area contributed by atoms with Gasteiger partial charge in [0.05, 0.1) is 12.6 Å². The van der Waals surface area contributed by atoms with E-state index >= 15 is 0 Å². The predicted molar refractivity (Wildman–Crippen MR) is 71.9 cm³/mol. The van der Waals surface area contributed by atoms with Gasteiger partial charge in [0.1, 0.15) is 5.76 Å². The fraction of sp³-hybridized carbons (Fsp3) is 0.267. The molecule has 4 nitrogen and oxygen atoms in total. The fourth-order valence-corrected chi connectivity index (χ4v) is 1.87. The number of rotatable bonds is 5. The normalized spacial score (nSPS) is 12.1. The van der Waals surface area contributed by atoms with Crippen LogP contribution in [0.4, 0.5) is 0 Å². The molecule has 1 atom stereocenters. The molecule has 100 valence electrons. The summed E-state index contributed by atoms with van der Waals surface area (Å²) in [6.45, 7) is 1.67. The van der Waals surface area contributed by atoms with Crippen LogP contribution in [0, 0.1) is 6.92 Å². The second-order valence-corrected chi connectivity index (χ2v) is 4.45. The van der Waals surface area contributed by atoms with Gasteiger partial charge in [0.15, 0.2) is 5.76 Å². The number of aliphatic hydroxyl groups excluding tert-OH is 1. The van der Waals surface area contributed by atoms with Gasteiger partial charge in [-0.15, -0.1) is 0 Å². The molecule has 0 saturated heterocycles. The molecule has 0 radical (unpaired) electrons. The number of furan rings is 1. The van der Waals surface area contributed by atoms with E-state index in [0.717, 1.165) is 5.56 Å². The number of nitrogens with one attached hydrogen (secondary N) is 1. The molecule has 2 rings (SSSR count). The van der Waals surface area contributed by atoms with Crippen LogP contribution < -0.4 is 5.32 Å². The van der Waals surface area contributed by atoms with Crippen LogP contribution in [0.15, 0.2) is 46.9 Å². The van der Waals surface area contributed by atoms with Gasteiger partial charge in [-0.1, -0.05) is 30.3 Å². The standard InChI is InChI=1S/C15H17NO3/c1-11-7-8-14(19-11)15(18)16-13(10-17)9-12-5-3-2-4-6-12/h2-8,13,17H,9-10H2,1H3,(H,16,18). The minimum Gasteiger partial charge on any atom is -0.456 e. The summed E-state index contributed by atoms with van der Waals surface area (Å²) in [5, 5.41) is 12.1. The summed E-state index contributed by atoms with van der Waals surface area (Å²) in [4.78, 5) is 11.9. The molecule has 1 aromatic carbocycles. The van der Waals surface area contributed by atoms with Crippen molar-refractivity contribution in [1.82, 2.24) is 5.32 Å². The molecule has 19 heavy (non-hydrogen) atoms. The quantitative estimate of drug-likeness (QED) is 0.862. The zero-order valence-electron chi connectivity index (χ0n) is 10.8. The van der Waals surface area contributed by atoms with E-state index in [1.807, 2.05) is 30.3 Å². The summed E-state index contributed by atoms with van der Waals surface area (Å²) < 4.78 is 5.25. The van der Waals surface area contributed by atoms with Crippen LogP contribution in [-0.4, -0.2) is 23.7 Å². The van der Waals surface area contributed by atoms with E-state index in [1.54, 1.807) is 19.1 Å². The number of hydrogen-bond acceptors (Lipinski definition) is 3. The maximum absolute atomic E-state index is 11.9. The fourth-order valence-electron chi connectivity index (χ4n) is 1.87. The lowest BCUT2D eigenvalue weighted by Crippen LogP contribution is -2.38. The number of carbonyl (C=O) groups is 1. The Hall–Kier alpha value is -2.07. The lowest BCUT2D eigenvalue weighted by atomic mass is 10.1. The number of amides is 1. The highest BCUT2D eigenvalue weighted by Crippen LogP contribution is 2.08. The Morgan fingerprint density at radius 3 is 2.58 bits per heavy atom. The molecular weight excluding hydrogens is 242 g/mol. The molecule has 0 bridgehead atoms. The number of hydrogen-bond donors (Lipinski definition) is 2. The summed E-state index contributed by atoms with van der Waals surface area (Å²) in [7, 11) is 0. The van der Waals surface area contributed by atoms with E-state index in [-0.39, 0.29) is 24.3 Å². The first-order chi connectivity index (χ1) is 9.19. The Morgan fingerprint density at radius 2 is 2.00 bits per heavy atom. The maximum Gasteiger partial charge on any atom is 0.287 e. The van der Waals surface area contributed by atoms with Crippen LogP contribution in [-0.2, 0) is 6.42 Å². The highest BCUT2D eigenvalue weighted by molar-refractivity contribution is 5.91. The summed E-state index contributed by atoms with van der Waals surface area (Å²) in [5.41, 5.74) is 1.07. The van der Waals surface area contributed by atoms with Gasteiger partial charge in [-0.2, -0.15) is 0 Å². The van der Waals surface area contributed by atoms with Crippen LogP contribution in [0.2, 0.25) is 0 Å². The molecule has 0 fully saturated rings. The second kappa shape index (κ2) is 6.20. The third-order valence-electron chi connectivity index (χ3n) is 2.84. The number of benzene rings is 1. The zero-order valence-corrected chi connectivity index (χ0v) is 10.8. The zero-order chi connectivity index (χ0) is 13.7. The molecule has 0 aliphatic carbocycles. The average Bonchev–Trinajstić information content (AvgIpc) is 2.86. The molecular formula is C15H17NO3. The minimum absolute atomic E-state index is 0.111. The Morgan fingerprint density at radius 1 is 1.26 bits per heavy atom. The molecule has 0 aliphatic heterocycles. The lowest BCUT2D eigenvalue weighted by Gasteiger charge is -2.15. The van der Waals surface area contributed by atoms with Crippen molar-refractivity contribution in [3.05, 3.63) is 59.5 Å². The van der Waals surface area contributed by atoms with Crippen molar-refractivity contribution in [2.75, 3.05) is 6.61 Å². The van der Waals surface area contributed by atoms with Crippen molar-refractivity contribution in [3.8, 4) is 0 Å². The number of aryl methyl sites for hydroxylation is 1. The van der Waals surface area contributed by atoms with E-state index < -0.39 is 0 Å². The van der Waals surface area contributed by atoms with Crippen LogP contribution in [0.25, 0.3) is 0 Å². The van der Waals surface area contributed by atoms with E-state index in [1.165, 1.54) is 0 Å². The molecule has 4 heteroatoms. The van der Waals surface area contributed by atoms with Gasteiger partial charge in [-0.3, -0.25) is 4.79 Å². The molecule has 0 saturated carbocycles. The van der Waals surface area contributed by atoms with Gasteiger partial charge in [0, 0.05) is 0 Å². The van der Waals surface area contributed by atoms with Gasteiger partial charge in [0.25, 0.3) is 5.91 Å². The smallest absolute Gasteiger partial charge is 0.287 e. The molecule has 1 heterocycles. The van der Waals surface area contributed by atoms with Gasteiger partial charge < -0.3 is 14.8 Å². The van der Waals surface area contributed by atoms with Crippen LogP contribution in [0.3, 0.4) is 0 Å². The van der Waals surface area contributed by atoms with Gasteiger partial charge in [-0.05, 0) is 31.0 Å². The largest absolute Gasteiger partial charge is 0.456 e. The van der Waals surface area contributed by atoms with Crippen molar-refractivity contribution in [3.63, 3.8) is 0 Å². The van der Waals surface area contributed by atoms with Crippen LogP contribution in [0.5, 0.6) is 0 Å². The molecule has 1 unspecified atom stereocenters. The second-order valence-electron chi connectivity index (χ2n) is 4.45. The van der Waals surface area contributed by atoms with E-state index in [0.29, 0.717) is 12.2 Å². The first-order valence-electron chi connectivity index (χ1n) is 6.21. The average molecular weight is 259 g/mol. The van der Waals surface area contributed by atoms with Crippen molar-refractivity contribution in [2.45, 2.75) is 19.4 Å². The molecule has 2 N–H and O–H groups in total. The lowest BCUT2D eigenvalue weighted by molar-refractivity contribution is 0.0887. The Bertz CT molecular complexity index is 533. The molecule has 0 aliphatic rings. The Balaban J connectivity index is 1.97. The SMILES string of the molecule is Cc1ccc(C(=O)NC(CO)Cc2ccccc2)o1. The summed E-state index contributed by atoms with van der Waals surface area (Å²) >= 11 is 0. The van der Waals surface area contributed by atoms with E-state index in [4.69, 9.17) is 4.42 Å². The van der Waals surface area contributed by atoms with Crippen LogP contribution >= 0.6 is 0 Å². The molecule has 2 aromatic rings. The summed E-state index contributed by atoms with van der Waals surface area (Å²) in [6, 6.07) is 12.8. The minimum atomic E-state index is -0.319. The molecule has 1 amide bonds. The van der Waals surface area contributed by atoms with Gasteiger partial charge in [-0.25, -0.2) is 0 Å². The van der Waals surface area contributed by atoms with Gasteiger partial charge >= 0.3 is 0 Å². The maximum atomic E-state index is 11.9. The van der Waals surface area contributed by atoms with Crippen molar-refractivity contribution in [2.24, 2.45) is 0 Å².